The number of thiazole rings is 1. The molecule has 2 rings (SSSR count). The van der Waals surface area contributed by atoms with Gasteiger partial charge in [-0.2, -0.15) is 0 Å². The summed E-state index contributed by atoms with van der Waals surface area (Å²) in [6.07, 6.45) is 1.05. The van der Waals surface area contributed by atoms with E-state index in [1.54, 1.807) is 0 Å². The lowest BCUT2D eigenvalue weighted by molar-refractivity contribution is -0.380. The second-order valence-electron chi connectivity index (χ2n) is 3.57. The molecule has 104 valence electrons. The first-order valence-corrected chi connectivity index (χ1v) is 6.12. The molecular formula is C11H9N3O5S. The summed E-state index contributed by atoms with van der Waals surface area (Å²) in [5.41, 5.74) is -0.0118. The summed E-state index contributed by atoms with van der Waals surface area (Å²) in [5.74, 6) is -0.785. The number of methoxy groups -OCH3 is 1. The van der Waals surface area contributed by atoms with Crippen LogP contribution in [0.2, 0.25) is 0 Å². The van der Waals surface area contributed by atoms with E-state index in [1.807, 2.05) is 0 Å². The number of nitrogens with one attached hydrogen (secondary N) is 1. The minimum absolute atomic E-state index is 0.0118. The van der Waals surface area contributed by atoms with Crippen molar-refractivity contribution >= 4 is 27.4 Å². The number of aromatic nitrogens is 1. The molecule has 2 aromatic rings. The molecule has 0 aliphatic rings. The molecular weight excluding hydrogens is 286 g/mol. The fraction of sp³-hybridized carbons (Fsp3) is 0.0909. The van der Waals surface area contributed by atoms with Gasteiger partial charge in [-0.05, 0) is 23.5 Å². The Hall–Kier alpha value is -2.68. The van der Waals surface area contributed by atoms with E-state index in [-0.39, 0.29) is 27.2 Å². The van der Waals surface area contributed by atoms with Crippen LogP contribution in [0.15, 0.2) is 24.4 Å². The summed E-state index contributed by atoms with van der Waals surface area (Å²) in [4.78, 5) is 25.6. The van der Waals surface area contributed by atoms with Crippen LogP contribution in [0.5, 0.6) is 11.5 Å². The Morgan fingerprint density at radius 1 is 1.55 bits per heavy atom. The number of rotatable bonds is 4. The zero-order chi connectivity index (χ0) is 14.7. The normalized spacial score (nSPS) is 10.1. The van der Waals surface area contributed by atoms with E-state index in [1.165, 1.54) is 25.3 Å². The molecule has 0 atom stereocenters. The maximum absolute atomic E-state index is 12.0. The van der Waals surface area contributed by atoms with Crippen molar-refractivity contribution in [3.8, 4) is 11.5 Å². The second kappa shape index (κ2) is 5.53. The summed E-state index contributed by atoms with van der Waals surface area (Å²) in [7, 11) is 1.36. The zero-order valence-corrected chi connectivity index (χ0v) is 11.0. The third-order valence-corrected chi connectivity index (χ3v) is 3.22. The molecule has 1 amide bonds. The smallest absolute Gasteiger partial charge is 0.345 e. The number of amides is 1. The first-order chi connectivity index (χ1) is 9.52. The highest BCUT2D eigenvalue weighted by molar-refractivity contribution is 7.18. The quantitative estimate of drug-likeness (QED) is 0.658. The number of anilines is 1. The minimum Gasteiger partial charge on any atom is -0.504 e. The minimum atomic E-state index is -0.634. The number of hydrogen-bond acceptors (Lipinski definition) is 7. The topological polar surface area (TPSA) is 115 Å². The molecule has 20 heavy (non-hydrogen) atoms. The Kier molecular flexibility index (Phi) is 3.80. The predicted molar refractivity (Wildman–Crippen MR) is 71.4 cm³/mol. The van der Waals surface area contributed by atoms with Crippen LogP contribution < -0.4 is 10.1 Å². The highest BCUT2D eigenvalue weighted by Gasteiger charge is 2.18. The molecule has 0 aliphatic heterocycles. The molecule has 0 radical (unpaired) electrons. The van der Waals surface area contributed by atoms with E-state index < -0.39 is 10.8 Å². The SMILES string of the molecule is COc1cccc(C(=O)Nc2ncc([N+](=O)[O-])s2)c1O. The number of nitrogens with zero attached hydrogens (tertiary/aromatic N) is 2. The molecule has 1 heterocycles. The molecule has 1 aromatic heterocycles. The molecule has 0 saturated heterocycles. The van der Waals surface area contributed by atoms with Gasteiger partial charge in [-0.3, -0.25) is 20.2 Å². The molecule has 1 aromatic carbocycles. The summed E-state index contributed by atoms with van der Waals surface area (Å²) in [6, 6.07) is 4.44. The Morgan fingerprint density at radius 3 is 2.90 bits per heavy atom. The van der Waals surface area contributed by atoms with Crippen molar-refractivity contribution in [2.45, 2.75) is 0 Å². The first kappa shape index (κ1) is 13.7. The number of ether oxygens (including phenoxy) is 1. The van der Waals surface area contributed by atoms with E-state index in [0.717, 1.165) is 17.5 Å². The van der Waals surface area contributed by atoms with Gasteiger partial charge in [-0.1, -0.05) is 6.07 Å². The molecule has 0 bridgehead atoms. The van der Waals surface area contributed by atoms with Gasteiger partial charge in [0.15, 0.2) is 16.6 Å². The van der Waals surface area contributed by atoms with Crippen molar-refractivity contribution in [2.24, 2.45) is 0 Å². The number of para-hydroxylation sites is 1. The first-order valence-electron chi connectivity index (χ1n) is 5.30. The number of phenols is 1. The van der Waals surface area contributed by atoms with Gasteiger partial charge in [0, 0.05) is 0 Å². The van der Waals surface area contributed by atoms with Crippen molar-refractivity contribution in [3.05, 3.63) is 40.1 Å². The molecule has 0 aliphatic carbocycles. The highest BCUT2D eigenvalue weighted by Crippen LogP contribution is 2.31. The van der Waals surface area contributed by atoms with Crippen molar-refractivity contribution in [2.75, 3.05) is 12.4 Å². The summed E-state index contributed by atoms with van der Waals surface area (Å²) >= 11 is 0.725. The van der Waals surface area contributed by atoms with Crippen LogP contribution in [0.4, 0.5) is 10.1 Å². The average molecular weight is 295 g/mol. The fourth-order valence-electron chi connectivity index (χ4n) is 1.44. The van der Waals surface area contributed by atoms with Crippen molar-refractivity contribution < 1.29 is 19.6 Å². The van der Waals surface area contributed by atoms with E-state index >= 15 is 0 Å². The van der Waals surface area contributed by atoms with Gasteiger partial charge in [0.2, 0.25) is 0 Å². The van der Waals surface area contributed by atoms with Gasteiger partial charge >= 0.3 is 5.00 Å². The van der Waals surface area contributed by atoms with Gasteiger partial charge in [0.05, 0.1) is 17.6 Å². The molecule has 0 unspecified atom stereocenters. The Bertz CT molecular complexity index is 670. The highest BCUT2D eigenvalue weighted by atomic mass is 32.1. The van der Waals surface area contributed by atoms with E-state index in [9.17, 15) is 20.0 Å². The third kappa shape index (κ3) is 2.67. The van der Waals surface area contributed by atoms with Crippen molar-refractivity contribution in [1.29, 1.82) is 0 Å². The lowest BCUT2D eigenvalue weighted by Gasteiger charge is -2.07. The molecule has 0 spiro atoms. The number of nitro groups is 1. The maximum Gasteiger partial charge on any atom is 0.345 e. The van der Waals surface area contributed by atoms with Crippen molar-refractivity contribution in [3.63, 3.8) is 0 Å². The van der Waals surface area contributed by atoms with Gasteiger partial charge in [-0.15, -0.1) is 0 Å². The second-order valence-corrected chi connectivity index (χ2v) is 4.58. The summed E-state index contributed by atoms with van der Waals surface area (Å²) in [6.45, 7) is 0. The molecule has 9 heteroatoms. The van der Waals surface area contributed by atoms with E-state index in [4.69, 9.17) is 4.74 Å². The van der Waals surface area contributed by atoms with Crippen molar-refractivity contribution in [1.82, 2.24) is 4.98 Å². The summed E-state index contributed by atoms with van der Waals surface area (Å²) in [5, 5.41) is 22.6. The van der Waals surface area contributed by atoms with Gasteiger partial charge in [-0.25, -0.2) is 4.98 Å². The third-order valence-electron chi connectivity index (χ3n) is 2.36. The van der Waals surface area contributed by atoms with Gasteiger partial charge in [0.1, 0.15) is 6.20 Å². The van der Waals surface area contributed by atoms with Crippen LogP contribution in [0.1, 0.15) is 10.4 Å². The lowest BCUT2D eigenvalue weighted by atomic mass is 10.2. The lowest BCUT2D eigenvalue weighted by Crippen LogP contribution is -2.12. The van der Waals surface area contributed by atoms with E-state index in [0.29, 0.717) is 0 Å². The fourth-order valence-corrected chi connectivity index (χ4v) is 2.07. The van der Waals surface area contributed by atoms with Crippen LogP contribution in [-0.2, 0) is 0 Å². The maximum atomic E-state index is 12.0. The molecule has 0 saturated carbocycles. The number of carbonyl (C=O) groups is 1. The monoisotopic (exact) mass is 295 g/mol. The number of benzene rings is 1. The Morgan fingerprint density at radius 2 is 2.30 bits per heavy atom. The van der Waals surface area contributed by atoms with Gasteiger partial charge in [0.25, 0.3) is 5.91 Å². The number of phenolic OH excluding ortho intramolecular Hbond substituents is 1. The molecule has 8 nitrogen and oxygen atoms in total. The largest absolute Gasteiger partial charge is 0.504 e. The predicted octanol–water partition coefficient (Wildman–Crippen LogP) is 2.02. The zero-order valence-electron chi connectivity index (χ0n) is 10.2. The average Bonchev–Trinajstić information content (AvgIpc) is 2.87. The summed E-state index contributed by atoms with van der Waals surface area (Å²) < 4.78 is 4.89. The number of hydrogen-bond donors (Lipinski definition) is 2. The number of carbonyl (C=O) groups excluding carboxylic acids is 1. The van der Waals surface area contributed by atoms with Gasteiger partial charge < -0.3 is 9.84 Å². The molecule has 0 fully saturated rings. The van der Waals surface area contributed by atoms with Crippen LogP contribution >= 0.6 is 11.3 Å². The van der Waals surface area contributed by atoms with Crippen LogP contribution in [0, 0.1) is 10.1 Å². The molecule has 2 N–H and O–H groups in total. The van der Waals surface area contributed by atoms with Crippen LogP contribution in [0.25, 0.3) is 0 Å². The Balaban J connectivity index is 2.21. The Labute approximate surface area is 116 Å². The number of aromatic hydroxyl groups is 1. The van der Waals surface area contributed by atoms with Crippen LogP contribution in [0.3, 0.4) is 0 Å². The van der Waals surface area contributed by atoms with E-state index in [2.05, 4.69) is 10.3 Å². The van der Waals surface area contributed by atoms with Crippen LogP contribution in [-0.4, -0.2) is 28.0 Å². The standard InChI is InChI=1S/C11H9N3O5S/c1-19-7-4-2-3-6(9(7)15)10(16)13-11-12-5-8(20-11)14(17)18/h2-5,15H,1H3,(H,12,13,16).